The fourth-order valence-corrected chi connectivity index (χ4v) is 2.97. The Morgan fingerprint density at radius 1 is 1.19 bits per heavy atom. The van der Waals surface area contributed by atoms with Gasteiger partial charge in [0.15, 0.2) is 0 Å². The van der Waals surface area contributed by atoms with Crippen LogP contribution in [0.1, 0.15) is 36.6 Å². The predicted molar refractivity (Wildman–Crippen MR) is 103 cm³/mol. The van der Waals surface area contributed by atoms with E-state index in [9.17, 15) is 15.2 Å². The molecule has 0 atom stereocenters. The Bertz CT molecular complexity index is 1120. The van der Waals surface area contributed by atoms with Crippen LogP contribution in [0, 0.1) is 18.3 Å². The molecule has 5 nitrogen and oxygen atoms in total. The number of aromatic hydroxyl groups is 1. The fraction of sp³-hybridized carbons (Fsp3) is 0.190. The van der Waals surface area contributed by atoms with Crippen molar-refractivity contribution in [2.45, 2.75) is 26.8 Å². The van der Waals surface area contributed by atoms with Crippen LogP contribution in [-0.4, -0.2) is 15.9 Å². The Hall–Kier alpha value is -3.39. The van der Waals surface area contributed by atoms with Gasteiger partial charge in [-0.15, -0.1) is 0 Å². The van der Waals surface area contributed by atoms with Gasteiger partial charge in [-0.25, -0.2) is 0 Å². The van der Waals surface area contributed by atoms with Crippen molar-refractivity contribution in [3.05, 3.63) is 69.5 Å². The second-order valence-electron chi connectivity index (χ2n) is 6.41. The molecule has 0 radical (unpaired) electrons. The average molecular weight is 345 g/mol. The van der Waals surface area contributed by atoms with Gasteiger partial charge in [0.1, 0.15) is 11.6 Å². The first-order chi connectivity index (χ1) is 12.4. The molecule has 1 aromatic heterocycles. The quantitative estimate of drug-likeness (QED) is 0.722. The van der Waals surface area contributed by atoms with Crippen molar-refractivity contribution in [1.29, 1.82) is 5.26 Å². The number of rotatable bonds is 3. The van der Waals surface area contributed by atoms with Gasteiger partial charge in [-0.2, -0.15) is 5.26 Å². The molecule has 3 rings (SSSR count). The van der Waals surface area contributed by atoms with E-state index >= 15 is 0 Å². The molecule has 0 saturated heterocycles. The van der Waals surface area contributed by atoms with Crippen molar-refractivity contribution in [3.8, 4) is 11.9 Å². The summed E-state index contributed by atoms with van der Waals surface area (Å²) in [4.78, 5) is 16.8. The van der Waals surface area contributed by atoms with E-state index in [4.69, 9.17) is 0 Å². The number of aromatic nitrogens is 1. The number of benzene rings is 2. The summed E-state index contributed by atoms with van der Waals surface area (Å²) in [5.41, 5.74) is 1.07. The van der Waals surface area contributed by atoms with E-state index in [0.717, 1.165) is 16.5 Å². The van der Waals surface area contributed by atoms with Gasteiger partial charge in [0.2, 0.25) is 5.88 Å². The van der Waals surface area contributed by atoms with Gasteiger partial charge in [0.25, 0.3) is 5.56 Å². The van der Waals surface area contributed by atoms with Crippen molar-refractivity contribution >= 4 is 22.7 Å². The third-order valence-corrected chi connectivity index (χ3v) is 4.38. The van der Waals surface area contributed by atoms with Crippen LogP contribution in [0.2, 0.25) is 0 Å². The molecule has 2 aromatic carbocycles. The lowest BCUT2D eigenvalue weighted by Crippen LogP contribution is -2.26. The molecule has 0 saturated carbocycles. The number of hydrogen-bond donors (Lipinski definition) is 1. The monoisotopic (exact) mass is 345 g/mol. The molecule has 5 heteroatoms. The second-order valence-corrected chi connectivity index (χ2v) is 6.41. The maximum Gasteiger partial charge on any atom is 0.271 e. The number of pyridine rings is 1. The molecule has 130 valence electrons. The van der Waals surface area contributed by atoms with E-state index < -0.39 is 5.56 Å². The molecule has 0 amide bonds. The lowest BCUT2D eigenvalue weighted by Gasteiger charge is -2.16. The molecule has 0 aliphatic rings. The summed E-state index contributed by atoms with van der Waals surface area (Å²) < 4.78 is 1.22. The minimum atomic E-state index is -0.486. The molecule has 0 unspecified atom stereocenters. The van der Waals surface area contributed by atoms with Gasteiger partial charge >= 0.3 is 0 Å². The zero-order valence-electron chi connectivity index (χ0n) is 14.9. The number of hydrogen-bond acceptors (Lipinski definition) is 4. The van der Waals surface area contributed by atoms with Gasteiger partial charge in [-0.05, 0) is 49.2 Å². The summed E-state index contributed by atoms with van der Waals surface area (Å²) in [6.07, 6.45) is 1.51. The molecule has 3 aromatic rings. The second kappa shape index (κ2) is 6.85. The zero-order valence-corrected chi connectivity index (χ0v) is 14.9. The Morgan fingerprint density at radius 2 is 1.88 bits per heavy atom. The van der Waals surface area contributed by atoms with Crippen LogP contribution in [-0.2, 0) is 0 Å². The molecular formula is C21H19N3O2. The minimum Gasteiger partial charge on any atom is -0.494 e. The molecule has 0 aliphatic carbocycles. The van der Waals surface area contributed by atoms with E-state index in [2.05, 4.69) is 4.99 Å². The summed E-state index contributed by atoms with van der Waals surface area (Å²) in [5.74, 6) is -0.175. The average Bonchev–Trinajstić information content (AvgIpc) is 2.61. The normalized spacial score (nSPS) is 11.3. The Balaban J connectivity index is 2.14. The van der Waals surface area contributed by atoms with Gasteiger partial charge in [-0.3, -0.25) is 14.4 Å². The third-order valence-electron chi connectivity index (χ3n) is 4.38. The summed E-state index contributed by atoms with van der Waals surface area (Å²) >= 11 is 0. The Morgan fingerprint density at radius 3 is 2.54 bits per heavy atom. The van der Waals surface area contributed by atoms with Crippen LogP contribution in [0.25, 0.3) is 10.8 Å². The Kier molecular flexibility index (Phi) is 4.59. The largest absolute Gasteiger partial charge is 0.494 e. The SMILES string of the molecule is Cc1c(C=Nc2ccc3ccccc3c2)c(O)n(C(C)C)c(=O)c1C#N. The topological polar surface area (TPSA) is 78.4 Å². The molecule has 0 bridgehead atoms. The van der Waals surface area contributed by atoms with Crippen molar-refractivity contribution < 1.29 is 5.11 Å². The van der Waals surface area contributed by atoms with Crippen molar-refractivity contribution in [3.63, 3.8) is 0 Å². The van der Waals surface area contributed by atoms with Crippen LogP contribution in [0.3, 0.4) is 0 Å². The van der Waals surface area contributed by atoms with Crippen LogP contribution in [0.5, 0.6) is 5.88 Å². The molecule has 0 fully saturated rings. The van der Waals surface area contributed by atoms with E-state index in [0.29, 0.717) is 11.1 Å². The lowest BCUT2D eigenvalue weighted by atomic mass is 10.1. The maximum absolute atomic E-state index is 12.4. The van der Waals surface area contributed by atoms with Crippen molar-refractivity contribution in [2.24, 2.45) is 4.99 Å². The first-order valence-corrected chi connectivity index (χ1v) is 8.35. The highest BCUT2D eigenvalue weighted by Gasteiger charge is 2.19. The third kappa shape index (κ3) is 2.98. The zero-order chi connectivity index (χ0) is 18.8. The highest BCUT2D eigenvalue weighted by Crippen LogP contribution is 2.25. The van der Waals surface area contributed by atoms with E-state index in [1.165, 1.54) is 10.8 Å². The highest BCUT2D eigenvalue weighted by molar-refractivity contribution is 5.90. The van der Waals surface area contributed by atoms with Crippen molar-refractivity contribution in [1.82, 2.24) is 4.57 Å². The highest BCUT2D eigenvalue weighted by atomic mass is 16.3. The maximum atomic E-state index is 12.4. The van der Waals surface area contributed by atoms with Gasteiger partial charge in [0, 0.05) is 12.3 Å². The standard InChI is InChI=1S/C21H19N3O2/c1-13(2)24-20(25)18(11-22)14(3)19(21(24)26)12-23-17-9-8-15-6-4-5-7-16(15)10-17/h4-10,12-13,26H,1-3H3. The Labute approximate surface area is 151 Å². The number of nitriles is 1. The molecule has 1 heterocycles. The number of aliphatic imine (C=N–C) groups is 1. The van der Waals surface area contributed by atoms with Gasteiger partial charge < -0.3 is 5.11 Å². The van der Waals surface area contributed by atoms with Crippen LogP contribution in [0.4, 0.5) is 5.69 Å². The van der Waals surface area contributed by atoms with Crippen LogP contribution in [0.15, 0.2) is 52.3 Å². The van der Waals surface area contributed by atoms with Crippen molar-refractivity contribution in [2.75, 3.05) is 0 Å². The summed E-state index contributed by atoms with van der Waals surface area (Å²) in [6, 6.07) is 15.4. The van der Waals surface area contributed by atoms with Crippen LogP contribution < -0.4 is 5.56 Å². The summed E-state index contributed by atoms with van der Waals surface area (Å²) in [6.45, 7) is 5.20. The number of fused-ring (bicyclic) bond motifs is 1. The number of nitrogens with zero attached hydrogens (tertiary/aromatic N) is 3. The molecular weight excluding hydrogens is 326 g/mol. The first kappa shape index (κ1) is 17.4. The van der Waals surface area contributed by atoms with E-state index in [-0.39, 0.29) is 17.5 Å². The molecule has 26 heavy (non-hydrogen) atoms. The van der Waals surface area contributed by atoms with E-state index in [1.54, 1.807) is 20.8 Å². The predicted octanol–water partition coefficient (Wildman–Crippen LogP) is 4.22. The van der Waals surface area contributed by atoms with Gasteiger partial charge in [-0.1, -0.05) is 30.3 Å². The molecule has 1 N–H and O–H groups in total. The van der Waals surface area contributed by atoms with Gasteiger partial charge in [0.05, 0.1) is 11.3 Å². The smallest absolute Gasteiger partial charge is 0.271 e. The summed E-state index contributed by atoms with van der Waals surface area (Å²) in [7, 11) is 0. The van der Waals surface area contributed by atoms with Crippen LogP contribution >= 0.6 is 0 Å². The summed E-state index contributed by atoms with van der Waals surface area (Å²) in [5, 5.41) is 22.1. The molecule has 0 aliphatic heterocycles. The van der Waals surface area contributed by atoms with E-state index in [1.807, 2.05) is 48.5 Å². The lowest BCUT2D eigenvalue weighted by molar-refractivity contribution is 0.386. The first-order valence-electron chi connectivity index (χ1n) is 8.35. The molecule has 0 spiro atoms. The fourth-order valence-electron chi connectivity index (χ4n) is 2.97. The minimum absolute atomic E-state index is 0.0245.